The highest BCUT2D eigenvalue weighted by Gasteiger charge is 2.29. The summed E-state index contributed by atoms with van der Waals surface area (Å²) >= 11 is 6.41. The fourth-order valence-electron chi connectivity index (χ4n) is 3.14. The number of hydrogen-bond donors (Lipinski definition) is 1. The molecule has 0 aliphatic rings. The second-order valence-corrected chi connectivity index (χ2v) is 13.6. The predicted molar refractivity (Wildman–Crippen MR) is 113 cm³/mol. The van der Waals surface area contributed by atoms with Crippen molar-refractivity contribution < 1.29 is 4.79 Å². The highest BCUT2D eigenvalue weighted by molar-refractivity contribution is 6.76. The van der Waals surface area contributed by atoms with Gasteiger partial charge in [-0.15, -0.1) is 0 Å². The van der Waals surface area contributed by atoms with Crippen LogP contribution in [0.2, 0.25) is 30.7 Å². The summed E-state index contributed by atoms with van der Waals surface area (Å²) in [4.78, 5) is 17.6. The van der Waals surface area contributed by atoms with E-state index in [1.54, 1.807) is 6.20 Å². The van der Waals surface area contributed by atoms with Crippen LogP contribution in [0, 0.1) is 0 Å². The zero-order valence-corrected chi connectivity index (χ0v) is 17.0. The smallest absolute Gasteiger partial charge is 0.231 e. The molecular weight excluding hydrogens is 360 g/mol. The zero-order valence-electron chi connectivity index (χ0n) is 15.3. The molecule has 5 heteroatoms. The Labute approximate surface area is 160 Å². The third kappa shape index (κ3) is 4.32. The Morgan fingerprint density at radius 3 is 2.54 bits per heavy atom. The van der Waals surface area contributed by atoms with Gasteiger partial charge in [-0.2, -0.15) is 0 Å². The number of benzene rings is 2. The number of pyridine rings is 1. The third-order valence-corrected chi connectivity index (χ3v) is 6.28. The van der Waals surface area contributed by atoms with Crippen molar-refractivity contribution in [1.29, 1.82) is 0 Å². The monoisotopic (exact) mass is 382 g/mol. The SMILES string of the molecule is C[Si](C)(C)CC(C(=O)Nc1cccc2cccnc12)c1ccccc1Cl. The molecule has 0 saturated heterocycles. The number of nitrogens with one attached hydrogen (secondary N) is 1. The number of nitrogens with zero attached hydrogens (tertiary/aromatic N) is 1. The van der Waals surface area contributed by atoms with Gasteiger partial charge < -0.3 is 5.32 Å². The number of halogens is 1. The van der Waals surface area contributed by atoms with Crippen molar-refractivity contribution >= 4 is 42.2 Å². The Bertz CT molecular complexity index is 931. The summed E-state index contributed by atoms with van der Waals surface area (Å²) < 4.78 is 0. The number of amides is 1. The van der Waals surface area contributed by atoms with Gasteiger partial charge in [0, 0.05) is 24.7 Å². The number of para-hydroxylation sites is 1. The lowest BCUT2D eigenvalue weighted by Crippen LogP contribution is -2.30. The molecule has 0 spiro atoms. The van der Waals surface area contributed by atoms with E-state index in [0.29, 0.717) is 5.02 Å². The molecule has 1 unspecified atom stereocenters. The van der Waals surface area contributed by atoms with Crippen LogP contribution in [-0.4, -0.2) is 19.0 Å². The summed E-state index contributed by atoms with van der Waals surface area (Å²) in [5, 5.41) is 4.74. The number of carbonyl (C=O) groups is 1. The van der Waals surface area contributed by atoms with Crippen molar-refractivity contribution in [3.8, 4) is 0 Å². The second-order valence-electron chi connectivity index (χ2n) is 7.71. The van der Waals surface area contributed by atoms with Crippen LogP contribution < -0.4 is 5.32 Å². The quantitative estimate of drug-likeness (QED) is 0.554. The van der Waals surface area contributed by atoms with E-state index in [9.17, 15) is 4.79 Å². The van der Waals surface area contributed by atoms with Crippen molar-refractivity contribution in [2.24, 2.45) is 0 Å². The summed E-state index contributed by atoms with van der Waals surface area (Å²) in [5.74, 6) is -0.298. The van der Waals surface area contributed by atoms with Gasteiger partial charge >= 0.3 is 0 Å². The third-order valence-electron chi connectivity index (χ3n) is 4.30. The van der Waals surface area contributed by atoms with E-state index in [1.807, 2.05) is 54.6 Å². The highest BCUT2D eigenvalue weighted by Crippen LogP contribution is 2.33. The van der Waals surface area contributed by atoms with E-state index < -0.39 is 8.07 Å². The molecule has 3 aromatic rings. The largest absolute Gasteiger partial charge is 0.324 e. The summed E-state index contributed by atoms with van der Waals surface area (Å²) in [7, 11) is -1.49. The number of rotatable bonds is 5. The Hall–Kier alpha value is -2.17. The summed E-state index contributed by atoms with van der Waals surface area (Å²) in [5.41, 5.74) is 2.43. The average Bonchev–Trinajstić information content (AvgIpc) is 2.60. The van der Waals surface area contributed by atoms with Crippen molar-refractivity contribution in [3.63, 3.8) is 0 Å². The maximum atomic E-state index is 13.2. The van der Waals surface area contributed by atoms with Gasteiger partial charge in [-0.05, 0) is 29.8 Å². The zero-order chi connectivity index (χ0) is 18.7. The minimum atomic E-state index is -1.49. The molecule has 0 aliphatic heterocycles. The molecule has 1 aromatic heterocycles. The first-order chi connectivity index (χ1) is 12.3. The molecule has 1 amide bonds. The molecule has 134 valence electrons. The van der Waals surface area contributed by atoms with Crippen molar-refractivity contribution in [2.75, 3.05) is 5.32 Å². The molecule has 0 aliphatic carbocycles. The van der Waals surface area contributed by atoms with E-state index >= 15 is 0 Å². The topological polar surface area (TPSA) is 42.0 Å². The second kappa shape index (κ2) is 7.60. The summed E-state index contributed by atoms with van der Waals surface area (Å²) in [6, 6.07) is 18.2. The lowest BCUT2D eigenvalue weighted by atomic mass is 9.99. The van der Waals surface area contributed by atoms with Crippen LogP contribution in [-0.2, 0) is 4.79 Å². The summed E-state index contributed by atoms with van der Waals surface area (Å²) in [6.07, 6.45) is 1.74. The number of anilines is 1. The van der Waals surface area contributed by atoms with Crippen LogP contribution >= 0.6 is 11.6 Å². The van der Waals surface area contributed by atoms with Crippen molar-refractivity contribution in [1.82, 2.24) is 4.98 Å². The predicted octanol–water partition coefficient (Wildman–Crippen LogP) is 5.95. The molecule has 1 atom stereocenters. The fraction of sp³-hybridized carbons (Fsp3) is 0.238. The number of fused-ring (bicyclic) bond motifs is 1. The van der Waals surface area contributed by atoms with Gasteiger partial charge in [0.05, 0.1) is 17.1 Å². The molecule has 1 N–H and O–H groups in total. The maximum absolute atomic E-state index is 13.2. The van der Waals surface area contributed by atoms with Crippen LogP contribution in [0.3, 0.4) is 0 Å². The van der Waals surface area contributed by atoms with Gasteiger partial charge in [-0.3, -0.25) is 9.78 Å². The standard InChI is InChI=1S/C21H23ClN2OSi/c1-26(2,3)14-17(16-10-4-5-11-18(16)22)21(25)24-19-12-6-8-15-9-7-13-23-20(15)19/h4-13,17H,14H2,1-3H3,(H,24,25). The lowest BCUT2D eigenvalue weighted by Gasteiger charge is -2.25. The van der Waals surface area contributed by atoms with Crippen molar-refractivity contribution in [2.45, 2.75) is 31.6 Å². The molecule has 1 heterocycles. The van der Waals surface area contributed by atoms with E-state index in [2.05, 4.69) is 29.9 Å². The van der Waals surface area contributed by atoms with Crippen LogP contribution in [0.5, 0.6) is 0 Å². The molecular formula is C21H23ClN2OSi. The fourth-order valence-corrected chi connectivity index (χ4v) is 5.04. The van der Waals surface area contributed by atoms with Gasteiger partial charge in [0.25, 0.3) is 0 Å². The Kier molecular flexibility index (Phi) is 5.44. The van der Waals surface area contributed by atoms with Gasteiger partial charge in [0.15, 0.2) is 0 Å². The molecule has 26 heavy (non-hydrogen) atoms. The summed E-state index contributed by atoms with van der Waals surface area (Å²) in [6.45, 7) is 6.80. The van der Waals surface area contributed by atoms with E-state index in [0.717, 1.165) is 28.2 Å². The van der Waals surface area contributed by atoms with Gasteiger partial charge in [0.2, 0.25) is 5.91 Å². The van der Waals surface area contributed by atoms with E-state index in [1.165, 1.54) is 0 Å². The Balaban J connectivity index is 1.96. The van der Waals surface area contributed by atoms with Gasteiger partial charge in [-0.1, -0.05) is 67.6 Å². The first kappa shape index (κ1) is 18.6. The van der Waals surface area contributed by atoms with E-state index in [-0.39, 0.29) is 11.8 Å². The van der Waals surface area contributed by atoms with Crippen LogP contribution in [0.15, 0.2) is 60.8 Å². The lowest BCUT2D eigenvalue weighted by molar-refractivity contribution is -0.117. The maximum Gasteiger partial charge on any atom is 0.231 e. The number of hydrogen-bond acceptors (Lipinski definition) is 2. The number of carbonyl (C=O) groups excluding carboxylic acids is 1. The first-order valence-electron chi connectivity index (χ1n) is 8.74. The molecule has 0 saturated carbocycles. The molecule has 2 aromatic carbocycles. The molecule has 3 nitrogen and oxygen atoms in total. The normalized spacial score (nSPS) is 12.8. The molecule has 3 rings (SSSR count). The van der Waals surface area contributed by atoms with Crippen LogP contribution in [0.25, 0.3) is 10.9 Å². The van der Waals surface area contributed by atoms with Crippen LogP contribution in [0.1, 0.15) is 11.5 Å². The molecule has 0 bridgehead atoms. The van der Waals surface area contributed by atoms with Crippen LogP contribution in [0.4, 0.5) is 5.69 Å². The first-order valence-corrected chi connectivity index (χ1v) is 12.8. The van der Waals surface area contributed by atoms with Crippen molar-refractivity contribution in [3.05, 3.63) is 71.4 Å². The minimum absolute atomic E-state index is 0.0290. The highest BCUT2D eigenvalue weighted by atomic mass is 35.5. The Morgan fingerprint density at radius 2 is 1.81 bits per heavy atom. The molecule has 0 fully saturated rings. The van der Waals surface area contributed by atoms with Gasteiger partial charge in [-0.25, -0.2) is 0 Å². The average molecular weight is 383 g/mol. The Morgan fingerprint density at radius 1 is 1.08 bits per heavy atom. The number of aromatic nitrogens is 1. The van der Waals surface area contributed by atoms with E-state index in [4.69, 9.17) is 11.6 Å². The van der Waals surface area contributed by atoms with Gasteiger partial charge in [0.1, 0.15) is 0 Å². The molecule has 0 radical (unpaired) electrons. The minimum Gasteiger partial charge on any atom is -0.324 e.